The molecular weight excluding hydrogens is 360 g/mol. The minimum atomic E-state index is -0.551. The number of aromatic amines is 1. The van der Waals surface area contributed by atoms with E-state index in [0.29, 0.717) is 22.4 Å². The van der Waals surface area contributed by atoms with Crippen molar-refractivity contribution in [3.8, 4) is 11.8 Å². The van der Waals surface area contributed by atoms with Gasteiger partial charge < -0.3 is 10.3 Å². The fraction of sp³-hybridized carbons (Fsp3) is 0. The highest BCUT2D eigenvalue weighted by Gasteiger charge is 2.16. The maximum atomic E-state index is 12.4. The number of nitriles is 1. The molecule has 2 aromatic heterocycles. The number of nitrogens with one attached hydrogen (secondary N) is 2. The van der Waals surface area contributed by atoms with Crippen LogP contribution in [0.1, 0.15) is 5.56 Å². The van der Waals surface area contributed by atoms with Crippen LogP contribution in [0, 0.1) is 21.4 Å². The molecule has 9 nitrogen and oxygen atoms in total. The first-order valence-corrected chi connectivity index (χ1v) is 8.17. The predicted octanol–water partition coefficient (Wildman–Crippen LogP) is 3.24. The van der Waals surface area contributed by atoms with Crippen LogP contribution in [0.2, 0.25) is 0 Å². The second-order valence-corrected chi connectivity index (χ2v) is 5.93. The molecule has 0 atom stereocenters. The van der Waals surface area contributed by atoms with Gasteiger partial charge in [-0.15, -0.1) is 0 Å². The van der Waals surface area contributed by atoms with Gasteiger partial charge in [-0.1, -0.05) is 0 Å². The second kappa shape index (κ2) is 6.69. The Morgan fingerprint density at radius 1 is 1.14 bits per heavy atom. The van der Waals surface area contributed by atoms with Crippen LogP contribution >= 0.6 is 0 Å². The van der Waals surface area contributed by atoms with Crippen LogP contribution < -0.4 is 11.0 Å². The minimum absolute atomic E-state index is 0.199. The van der Waals surface area contributed by atoms with Gasteiger partial charge in [-0.2, -0.15) is 5.26 Å². The molecule has 4 rings (SSSR count). The van der Waals surface area contributed by atoms with Gasteiger partial charge in [0.1, 0.15) is 5.69 Å². The molecule has 2 aromatic carbocycles. The fourth-order valence-electron chi connectivity index (χ4n) is 2.94. The fourth-order valence-corrected chi connectivity index (χ4v) is 2.94. The number of benzene rings is 2. The van der Waals surface area contributed by atoms with E-state index in [1.807, 2.05) is 6.07 Å². The largest absolute Gasteiger partial charge is 0.350 e. The summed E-state index contributed by atoms with van der Waals surface area (Å²) in [7, 11) is 0. The Morgan fingerprint density at radius 3 is 2.64 bits per heavy atom. The number of H-pyrrole nitrogens is 1. The van der Waals surface area contributed by atoms with E-state index in [1.165, 1.54) is 22.8 Å². The van der Waals surface area contributed by atoms with E-state index in [4.69, 9.17) is 5.26 Å². The van der Waals surface area contributed by atoms with E-state index in [-0.39, 0.29) is 22.6 Å². The first-order valence-electron chi connectivity index (χ1n) is 8.17. The Kier molecular flexibility index (Phi) is 4.06. The monoisotopic (exact) mass is 372 g/mol. The lowest BCUT2D eigenvalue weighted by molar-refractivity contribution is -0.383. The third-order valence-corrected chi connectivity index (χ3v) is 4.21. The van der Waals surface area contributed by atoms with Crippen LogP contribution in [0.5, 0.6) is 0 Å². The van der Waals surface area contributed by atoms with Crippen LogP contribution in [-0.2, 0) is 0 Å². The summed E-state index contributed by atoms with van der Waals surface area (Å²) in [5, 5.41) is 23.3. The predicted molar refractivity (Wildman–Crippen MR) is 103 cm³/mol. The number of hydrogen-bond acceptors (Lipinski definition) is 6. The number of rotatable bonds is 4. The summed E-state index contributed by atoms with van der Waals surface area (Å²) in [4.78, 5) is 29.9. The van der Waals surface area contributed by atoms with Crippen molar-refractivity contribution in [1.29, 1.82) is 5.26 Å². The first-order chi connectivity index (χ1) is 13.6. The van der Waals surface area contributed by atoms with E-state index in [9.17, 15) is 14.9 Å². The number of hydrogen-bond donors (Lipinski definition) is 2. The third kappa shape index (κ3) is 2.95. The average Bonchev–Trinajstić information content (AvgIpc) is 3.03. The zero-order valence-corrected chi connectivity index (χ0v) is 14.3. The Morgan fingerprint density at radius 2 is 1.93 bits per heavy atom. The molecule has 2 heterocycles. The molecule has 9 heteroatoms. The van der Waals surface area contributed by atoms with Crippen LogP contribution in [-0.4, -0.2) is 19.5 Å². The molecule has 0 unspecified atom stereocenters. The number of aromatic nitrogens is 3. The zero-order chi connectivity index (χ0) is 19.7. The molecule has 0 radical (unpaired) electrons. The standard InChI is InChI=1S/C19H12N6O3/c20-11-12-1-3-16(18(9-12)25(27)28)22-13-2-4-15-17(10-13)24(19(26)23-15)14-5-7-21-8-6-14/h1-10,22H,(H,23,26). The highest BCUT2D eigenvalue weighted by atomic mass is 16.6. The van der Waals surface area contributed by atoms with Crippen molar-refractivity contribution < 1.29 is 4.92 Å². The van der Waals surface area contributed by atoms with Gasteiger partial charge in [0.05, 0.1) is 33.3 Å². The summed E-state index contributed by atoms with van der Waals surface area (Å²) in [6, 6.07) is 14.6. The quantitative estimate of drug-likeness (QED) is 0.418. The van der Waals surface area contributed by atoms with E-state index in [0.717, 1.165) is 0 Å². The maximum Gasteiger partial charge on any atom is 0.331 e. The van der Waals surface area contributed by atoms with E-state index in [1.54, 1.807) is 42.7 Å². The summed E-state index contributed by atoms with van der Waals surface area (Å²) >= 11 is 0. The molecule has 28 heavy (non-hydrogen) atoms. The van der Waals surface area contributed by atoms with Crippen molar-refractivity contribution in [2.75, 3.05) is 5.32 Å². The SMILES string of the molecule is N#Cc1ccc(Nc2ccc3[nH]c(=O)n(-c4ccncc4)c3c2)c([N+](=O)[O-])c1. The number of anilines is 2. The number of pyridine rings is 1. The second-order valence-electron chi connectivity index (χ2n) is 5.93. The van der Waals surface area contributed by atoms with Gasteiger partial charge in [0.25, 0.3) is 5.69 Å². The molecule has 136 valence electrons. The number of nitrogens with zero attached hydrogens (tertiary/aromatic N) is 4. The lowest BCUT2D eigenvalue weighted by Gasteiger charge is -2.09. The van der Waals surface area contributed by atoms with Gasteiger partial charge in [-0.3, -0.25) is 19.7 Å². The van der Waals surface area contributed by atoms with Crippen molar-refractivity contribution in [3.05, 3.63) is 87.1 Å². The molecule has 0 aliphatic heterocycles. The molecule has 0 aliphatic carbocycles. The molecule has 4 aromatic rings. The molecule has 0 aliphatic rings. The lowest BCUT2D eigenvalue weighted by atomic mass is 10.1. The summed E-state index contributed by atoms with van der Waals surface area (Å²) < 4.78 is 1.50. The molecular formula is C19H12N6O3. The smallest absolute Gasteiger partial charge is 0.331 e. The molecule has 0 bridgehead atoms. The van der Waals surface area contributed by atoms with Crippen molar-refractivity contribution in [2.45, 2.75) is 0 Å². The minimum Gasteiger partial charge on any atom is -0.350 e. The summed E-state index contributed by atoms with van der Waals surface area (Å²) in [6.45, 7) is 0. The van der Waals surface area contributed by atoms with Crippen LogP contribution in [0.25, 0.3) is 16.7 Å². The first kappa shape index (κ1) is 17.0. The van der Waals surface area contributed by atoms with Crippen LogP contribution in [0.4, 0.5) is 17.1 Å². The van der Waals surface area contributed by atoms with Gasteiger partial charge in [-0.25, -0.2) is 4.79 Å². The van der Waals surface area contributed by atoms with Crippen LogP contribution in [0.15, 0.2) is 65.7 Å². The molecule has 2 N–H and O–H groups in total. The number of nitro benzene ring substituents is 1. The van der Waals surface area contributed by atoms with Crippen molar-refractivity contribution in [2.24, 2.45) is 0 Å². The summed E-state index contributed by atoms with van der Waals surface area (Å²) in [5.74, 6) is 0. The van der Waals surface area contributed by atoms with Crippen molar-refractivity contribution in [1.82, 2.24) is 14.5 Å². The Hall–Kier alpha value is -4.45. The van der Waals surface area contributed by atoms with Crippen LogP contribution in [0.3, 0.4) is 0 Å². The number of imidazole rings is 1. The molecule has 0 saturated heterocycles. The maximum absolute atomic E-state index is 12.4. The zero-order valence-electron chi connectivity index (χ0n) is 14.3. The summed E-state index contributed by atoms with van der Waals surface area (Å²) in [6.07, 6.45) is 3.17. The molecule has 0 spiro atoms. The lowest BCUT2D eigenvalue weighted by Crippen LogP contribution is -2.14. The van der Waals surface area contributed by atoms with Gasteiger partial charge in [0.2, 0.25) is 0 Å². The van der Waals surface area contributed by atoms with Gasteiger partial charge in [0.15, 0.2) is 0 Å². The molecule has 0 saturated carbocycles. The van der Waals surface area contributed by atoms with E-state index >= 15 is 0 Å². The third-order valence-electron chi connectivity index (χ3n) is 4.21. The Labute approximate surface area is 157 Å². The van der Waals surface area contributed by atoms with Crippen molar-refractivity contribution in [3.63, 3.8) is 0 Å². The Bertz CT molecular complexity index is 1300. The molecule has 0 fully saturated rings. The van der Waals surface area contributed by atoms with E-state index in [2.05, 4.69) is 15.3 Å². The highest BCUT2D eigenvalue weighted by molar-refractivity contribution is 5.83. The summed E-state index contributed by atoms with van der Waals surface area (Å²) in [5.41, 5.74) is 2.37. The highest BCUT2D eigenvalue weighted by Crippen LogP contribution is 2.30. The number of nitro groups is 1. The van der Waals surface area contributed by atoms with Gasteiger partial charge in [-0.05, 0) is 42.5 Å². The van der Waals surface area contributed by atoms with Gasteiger partial charge >= 0.3 is 5.69 Å². The number of fused-ring (bicyclic) bond motifs is 1. The Balaban J connectivity index is 1.81. The normalized spacial score (nSPS) is 10.5. The molecule has 0 amide bonds. The van der Waals surface area contributed by atoms with E-state index < -0.39 is 4.92 Å². The van der Waals surface area contributed by atoms with Crippen molar-refractivity contribution >= 4 is 28.1 Å². The topological polar surface area (TPSA) is 130 Å². The average molecular weight is 372 g/mol. The van der Waals surface area contributed by atoms with Gasteiger partial charge in [0, 0.05) is 24.1 Å².